The number of rotatable bonds is 7. The number of guanidine groups is 1. The molecule has 2 heterocycles. The highest BCUT2D eigenvalue weighted by Crippen LogP contribution is 2.22. The van der Waals surface area contributed by atoms with Crippen LogP contribution in [-0.4, -0.2) is 39.9 Å². The minimum absolute atomic E-state index is 0. The van der Waals surface area contributed by atoms with Crippen LogP contribution in [0.4, 0.5) is 0 Å². The lowest BCUT2D eigenvalue weighted by atomic mass is 10.1. The van der Waals surface area contributed by atoms with Crippen LogP contribution in [0.1, 0.15) is 11.4 Å². The lowest BCUT2D eigenvalue weighted by molar-refractivity contribution is 0.773. The number of fused-ring (bicyclic) bond motifs is 2. The van der Waals surface area contributed by atoms with Gasteiger partial charge in [0.25, 0.3) is 0 Å². The van der Waals surface area contributed by atoms with E-state index in [9.17, 15) is 0 Å². The fraction of sp³-hybridized carbons (Fsp3) is 0.227. The molecule has 0 saturated carbocycles. The van der Waals surface area contributed by atoms with Gasteiger partial charge in [-0.05, 0) is 28.5 Å². The zero-order valence-electron chi connectivity index (χ0n) is 16.8. The smallest absolute Gasteiger partial charge is 0.191 e. The monoisotopic (exact) mass is 532 g/mol. The van der Waals surface area contributed by atoms with Crippen molar-refractivity contribution in [3.8, 4) is 0 Å². The molecule has 0 amide bonds. The largest absolute Gasteiger partial charge is 0.356 e. The van der Waals surface area contributed by atoms with Gasteiger partial charge in [0.05, 0.1) is 6.54 Å². The maximum Gasteiger partial charge on any atom is 0.191 e. The lowest BCUT2D eigenvalue weighted by Gasteiger charge is -2.11. The minimum Gasteiger partial charge on any atom is -0.356 e. The minimum atomic E-state index is 0. The Labute approximate surface area is 197 Å². The third-order valence-electron chi connectivity index (χ3n) is 4.70. The second-order valence-electron chi connectivity index (χ2n) is 6.59. The molecule has 0 fully saturated rings. The molecule has 0 spiro atoms. The first-order chi connectivity index (χ1) is 14.3. The zero-order valence-corrected chi connectivity index (χ0v) is 19.9. The third kappa shape index (κ3) is 5.42. The molecule has 0 unspecified atom stereocenters. The topological polar surface area (TPSA) is 66.6 Å². The number of aliphatic imine (C=N–C) groups is 1. The quantitative estimate of drug-likeness (QED) is 0.163. The van der Waals surface area contributed by atoms with Gasteiger partial charge in [0, 0.05) is 31.3 Å². The lowest BCUT2D eigenvalue weighted by Crippen LogP contribution is -2.38. The maximum absolute atomic E-state index is 4.29. The summed E-state index contributed by atoms with van der Waals surface area (Å²) in [6, 6.07) is 20.9. The van der Waals surface area contributed by atoms with Gasteiger partial charge in [0.2, 0.25) is 0 Å². The summed E-state index contributed by atoms with van der Waals surface area (Å²) in [5.41, 5.74) is 2.23. The second kappa shape index (κ2) is 11.2. The van der Waals surface area contributed by atoms with Gasteiger partial charge in [-0.1, -0.05) is 48.5 Å². The number of aromatic nitrogens is 3. The van der Waals surface area contributed by atoms with Crippen molar-refractivity contribution in [3.63, 3.8) is 0 Å². The highest BCUT2D eigenvalue weighted by Gasteiger charge is 2.06. The van der Waals surface area contributed by atoms with Gasteiger partial charge >= 0.3 is 0 Å². The average Bonchev–Trinajstić information content (AvgIpc) is 3.19. The SMILES string of the molecule is CN=C(NCCSCc1cccc2ccccc12)NCc1nnc2ccccn12.I. The van der Waals surface area contributed by atoms with Crippen LogP contribution in [0.5, 0.6) is 0 Å². The molecular formula is C22H25IN6S. The van der Waals surface area contributed by atoms with E-state index in [1.54, 1.807) is 7.05 Å². The highest BCUT2D eigenvalue weighted by atomic mass is 127. The molecule has 0 aliphatic carbocycles. The third-order valence-corrected chi connectivity index (χ3v) is 5.71. The Balaban J connectivity index is 0.00000256. The van der Waals surface area contributed by atoms with Crippen LogP contribution >= 0.6 is 35.7 Å². The Kier molecular flexibility index (Phi) is 8.32. The molecule has 6 nitrogen and oxygen atoms in total. The van der Waals surface area contributed by atoms with E-state index in [0.29, 0.717) is 6.54 Å². The summed E-state index contributed by atoms with van der Waals surface area (Å²) in [6.45, 7) is 1.41. The summed E-state index contributed by atoms with van der Waals surface area (Å²) in [5.74, 6) is 3.62. The van der Waals surface area contributed by atoms with Gasteiger partial charge in [-0.2, -0.15) is 11.8 Å². The van der Waals surface area contributed by atoms with Crippen molar-refractivity contribution in [3.05, 3.63) is 78.2 Å². The number of nitrogens with one attached hydrogen (secondary N) is 2. The van der Waals surface area contributed by atoms with Crippen molar-refractivity contribution in [1.82, 2.24) is 25.2 Å². The highest BCUT2D eigenvalue weighted by molar-refractivity contribution is 14.0. The summed E-state index contributed by atoms with van der Waals surface area (Å²) < 4.78 is 1.97. The maximum atomic E-state index is 4.29. The molecule has 0 aliphatic rings. The van der Waals surface area contributed by atoms with Gasteiger partial charge < -0.3 is 10.6 Å². The number of halogens is 1. The predicted octanol–water partition coefficient (Wildman–Crippen LogP) is 4.10. The molecule has 4 aromatic rings. The number of thioether (sulfide) groups is 1. The van der Waals surface area contributed by atoms with Gasteiger partial charge in [-0.15, -0.1) is 34.2 Å². The van der Waals surface area contributed by atoms with Crippen molar-refractivity contribution in [2.75, 3.05) is 19.3 Å². The molecule has 0 saturated heterocycles. The van der Waals surface area contributed by atoms with E-state index < -0.39 is 0 Å². The normalized spacial score (nSPS) is 11.4. The van der Waals surface area contributed by atoms with E-state index in [1.165, 1.54) is 16.3 Å². The second-order valence-corrected chi connectivity index (χ2v) is 7.69. The summed E-state index contributed by atoms with van der Waals surface area (Å²) in [6.07, 6.45) is 1.96. The molecule has 2 aromatic heterocycles. The van der Waals surface area contributed by atoms with Crippen LogP contribution in [0.15, 0.2) is 71.9 Å². The van der Waals surface area contributed by atoms with Crippen LogP contribution in [0.2, 0.25) is 0 Å². The van der Waals surface area contributed by atoms with Crippen LogP contribution in [-0.2, 0) is 12.3 Å². The number of hydrogen-bond acceptors (Lipinski definition) is 4. The summed E-state index contributed by atoms with van der Waals surface area (Å²) >= 11 is 1.92. The average molecular weight is 532 g/mol. The Morgan fingerprint density at radius 1 is 1.00 bits per heavy atom. The van der Waals surface area contributed by atoms with Gasteiger partial charge in [0.1, 0.15) is 0 Å². The number of nitrogens with zero attached hydrogens (tertiary/aromatic N) is 4. The first kappa shape index (κ1) is 22.4. The summed E-state index contributed by atoms with van der Waals surface area (Å²) in [5, 5.41) is 17.7. The predicted molar refractivity (Wildman–Crippen MR) is 137 cm³/mol. The Bertz CT molecular complexity index is 1120. The molecule has 0 atom stereocenters. The molecule has 2 N–H and O–H groups in total. The summed E-state index contributed by atoms with van der Waals surface area (Å²) in [4.78, 5) is 4.29. The van der Waals surface area contributed by atoms with E-state index in [2.05, 4.69) is 68.3 Å². The van der Waals surface area contributed by atoms with Crippen LogP contribution < -0.4 is 10.6 Å². The van der Waals surface area contributed by atoms with Gasteiger partial charge in [-0.25, -0.2) is 0 Å². The molecule has 30 heavy (non-hydrogen) atoms. The standard InChI is InChI=1S/C22H24N6S.HI/c1-23-22(25-15-21-27-26-20-11-4-5-13-28(20)21)24-12-14-29-16-18-9-6-8-17-7-2-3-10-19(17)18;/h2-11,13H,12,14-16H2,1H3,(H2,23,24,25);1H. The fourth-order valence-electron chi connectivity index (χ4n) is 3.24. The molecule has 8 heteroatoms. The number of pyridine rings is 1. The van der Waals surface area contributed by atoms with Crippen molar-refractivity contribution in [1.29, 1.82) is 0 Å². The van der Waals surface area contributed by atoms with Gasteiger partial charge in [-0.3, -0.25) is 9.39 Å². The molecular weight excluding hydrogens is 507 g/mol. The van der Waals surface area contributed by atoms with Crippen molar-refractivity contribution in [2.24, 2.45) is 4.99 Å². The Hall–Kier alpha value is -2.33. The Morgan fingerprint density at radius 3 is 2.73 bits per heavy atom. The molecule has 2 aromatic carbocycles. The number of hydrogen-bond donors (Lipinski definition) is 2. The van der Waals surface area contributed by atoms with E-state index >= 15 is 0 Å². The molecule has 0 radical (unpaired) electrons. The molecule has 4 rings (SSSR count). The van der Waals surface area contributed by atoms with Crippen LogP contribution in [0, 0.1) is 0 Å². The molecule has 156 valence electrons. The molecule has 0 bridgehead atoms. The van der Waals surface area contributed by atoms with Crippen LogP contribution in [0.25, 0.3) is 16.4 Å². The van der Waals surface area contributed by atoms with Crippen molar-refractivity contribution < 1.29 is 0 Å². The Morgan fingerprint density at radius 2 is 1.83 bits per heavy atom. The van der Waals surface area contributed by atoms with Crippen molar-refractivity contribution >= 4 is 58.1 Å². The van der Waals surface area contributed by atoms with E-state index in [0.717, 1.165) is 35.5 Å². The first-order valence-electron chi connectivity index (χ1n) is 9.63. The van der Waals surface area contributed by atoms with Crippen molar-refractivity contribution in [2.45, 2.75) is 12.3 Å². The summed E-state index contributed by atoms with van der Waals surface area (Å²) in [7, 11) is 1.78. The van der Waals surface area contributed by atoms with Crippen LogP contribution in [0.3, 0.4) is 0 Å². The van der Waals surface area contributed by atoms with E-state index in [4.69, 9.17) is 0 Å². The first-order valence-corrected chi connectivity index (χ1v) is 10.8. The zero-order chi connectivity index (χ0) is 19.9. The van der Waals surface area contributed by atoms with E-state index in [-0.39, 0.29) is 24.0 Å². The van der Waals surface area contributed by atoms with Gasteiger partial charge in [0.15, 0.2) is 17.4 Å². The molecule has 0 aliphatic heterocycles. The number of benzene rings is 2. The fourth-order valence-corrected chi connectivity index (χ4v) is 4.10. The van der Waals surface area contributed by atoms with E-state index in [1.807, 2.05) is 40.6 Å².